The molecule has 1 aromatic carbocycles. The number of carboxylic acid groups (broad SMARTS) is 1. The molecule has 0 radical (unpaired) electrons. The van der Waals surface area contributed by atoms with Crippen LogP contribution >= 0.6 is 0 Å². The summed E-state index contributed by atoms with van der Waals surface area (Å²) in [5, 5.41) is 17.0. The number of para-hydroxylation sites is 1. The van der Waals surface area contributed by atoms with Crippen molar-refractivity contribution in [1.82, 2.24) is 20.0 Å². The molecule has 9 nitrogen and oxygen atoms in total. The molecule has 1 saturated carbocycles. The normalized spacial score (nSPS) is 26.5. The maximum Gasteiger partial charge on any atom is 0.357 e. The second-order valence-corrected chi connectivity index (χ2v) is 10.0. The predicted octanol–water partition coefficient (Wildman–Crippen LogP) is 2.38. The van der Waals surface area contributed by atoms with Crippen LogP contribution in [0, 0.1) is 5.41 Å². The number of methoxy groups -OCH3 is 1. The summed E-state index contributed by atoms with van der Waals surface area (Å²) in [5.41, 5.74) is 0.406. The molecule has 184 valence electrons. The fourth-order valence-electron chi connectivity index (χ4n) is 5.34. The number of hydrogen-bond donors (Lipinski definition) is 2. The Balaban J connectivity index is 1.56. The van der Waals surface area contributed by atoms with Crippen molar-refractivity contribution in [3.05, 3.63) is 30.0 Å². The van der Waals surface area contributed by atoms with Crippen LogP contribution in [0.5, 0.6) is 0 Å². The van der Waals surface area contributed by atoms with Gasteiger partial charge in [0.25, 0.3) is 0 Å². The Morgan fingerprint density at radius 2 is 2.03 bits per heavy atom. The first-order valence-electron chi connectivity index (χ1n) is 11.6. The average Bonchev–Trinajstić information content (AvgIpc) is 3.31. The number of benzene rings is 1. The Bertz CT molecular complexity index is 1100. The standard InChI is InChI=1S/C24H31FN4O5/c1-24(2)10-6-7-14(11-24)26-22(31)20-21(34-3)16(25)12-28(20)18(30)13-29-17-9-5-4-8-15(17)19(27-29)23(32)33/h4-5,8-9,14,16,20-21H,6-7,10-13H2,1-3H3,(H,26,31)(H,32,33)/t14-,16-,20-,21+/m0/s1. The predicted molar refractivity (Wildman–Crippen MR) is 122 cm³/mol. The van der Waals surface area contributed by atoms with E-state index in [1.54, 1.807) is 24.3 Å². The average molecular weight is 475 g/mol. The van der Waals surface area contributed by atoms with Gasteiger partial charge in [-0.2, -0.15) is 5.10 Å². The molecule has 2 N–H and O–H groups in total. The van der Waals surface area contributed by atoms with Crippen LogP contribution in [0.1, 0.15) is 50.0 Å². The molecule has 2 aromatic rings. The summed E-state index contributed by atoms with van der Waals surface area (Å²) in [6.45, 7) is 3.71. The zero-order chi connectivity index (χ0) is 24.6. The second-order valence-electron chi connectivity index (χ2n) is 10.0. The van der Waals surface area contributed by atoms with Gasteiger partial charge >= 0.3 is 5.97 Å². The highest BCUT2D eigenvalue weighted by Crippen LogP contribution is 2.35. The monoisotopic (exact) mass is 474 g/mol. The minimum absolute atomic E-state index is 0.0439. The van der Waals surface area contributed by atoms with Crippen LogP contribution in [0.2, 0.25) is 0 Å². The molecule has 2 heterocycles. The number of amides is 2. The van der Waals surface area contributed by atoms with Gasteiger partial charge in [-0.05, 0) is 30.7 Å². The van der Waals surface area contributed by atoms with Gasteiger partial charge in [-0.15, -0.1) is 0 Å². The van der Waals surface area contributed by atoms with Gasteiger partial charge in [0.15, 0.2) is 5.69 Å². The number of nitrogens with one attached hydrogen (secondary N) is 1. The van der Waals surface area contributed by atoms with Crippen LogP contribution in [0.4, 0.5) is 4.39 Å². The topological polar surface area (TPSA) is 114 Å². The molecule has 4 atom stereocenters. The Kier molecular flexibility index (Phi) is 6.62. The summed E-state index contributed by atoms with van der Waals surface area (Å²) in [4.78, 5) is 39.3. The maximum absolute atomic E-state index is 14.8. The second kappa shape index (κ2) is 9.32. The van der Waals surface area contributed by atoms with E-state index in [9.17, 15) is 23.9 Å². The van der Waals surface area contributed by atoms with Crippen LogP contribution < -0.4 is 5.32 Å². The van der Waals surface area contributed by atoms with Gasteiger partial charge in [0, 0.05) is 18.5 Å². The Morgan fingerprint density at radius 1 is 1.29 bits per heavy atom. The van der Waals surface area contributed by atoms with E-state index in [1.807, 2.05) is 0 Å². The molecule has 2 aliphatic rings. The van der Waals surface area contributed by atoms with E-state index >= 15 is 0 Å². The number of carbonyl (C=O) groups excluding carboxylic acids is 2. The number of rotatable bonds is 6. The van der Waals surface area contributed by atoms with Crippen molar-refractivity contribution in [3.63, 3.8) is 0 Å². The van der Waals surface area contributed by atoms with Crippen molar-refractivity contribution < 1.29 is 28.6 Å². The summed E-state index contributed by atoms with van der Waals surface area (Å²) < 4.78 is 21.4. The van der Waals surface area contributed by atoms with E-state index in [0.717, 1.165) is 25.7 Å². The number of nitrogens with zero attached hydrogens (tertiary/aromatic N) is 3. The van der Waals surface area contributed by atoms with E-state index in [2.05, 4.69) is 24.3 Å². The van der Waals surface area contributed by atoms with Crippen LogP contribution in [0.3, 0.4) is 0 Å². The van der Waals surface area contributed by atoms with Gasteiger partial charge in [0.05, 0.1) is 12.1 Å². The summed E-state index contributed by atoms with van der Waals surface area (Å²) in [6, 6.07) is 5.52. The zero-order valence-electron chi connectivity index (χ0n) is 19.7. The van der Waals surface area contributed by atoms with Crippen molar-refractivity contribution >= 4 is 28.7 Å². The lowest BCUT2D eigenvalue weighted by atomic mass is 9.75. The first kappa shape index (κ1) is 24.1. The van der Waals surface area contributed by atoms with Crippen LogP contribution in [-0.4, -0.2) is 75.6 Å². The zero-order valence-corrected chi connectivity index (χ0v) is 19.7. The minimum Gasteiger partial charge on any atom is -0.476 e. The van der Waals surface area contributed by atoms with E-state index < -0.39 is 36.1 Å². The number of hydrogen-bond acceptors (Lipinski definition) is 5. The van der Waals surface area contributed by atoms with E-state index in [-0.39, 0.29) is 30.2 Å². The molecule has 2 fully saturated rings. The molecule has 4 rings (SSSR count). The minimum atomic E-state index is -1.52. The van der Waals surface area contributed by atoms with Gasteiger partial charge in [-0.1, -0.05) is 38.5 Å². The molecule has 1 aliphatic carbocycles. The molecule has 0 bridgehead atoms. The summed E-state index contributed by atoms with van der Waals surface area (Å²) in [7, 11) is 1.33. The van der Waals surface area contributed by atoms with Crippen LogP contribution in [0.25, 0.3) is 10.9 Å². The third-order valence-electron chi connectivity index (χ3n) is 6.93. The third-order valence-corrected chi connectivity index (χ3v) is 6.93. The molecular weight excluding hydrogens is 443 g/mol. The van der Waals surface area contributed by atoms with Crippen molar-refractivity contribution in [2.24, 2.45) is 5.41 Å². The van der Waals surface area contributed by atoms with Gasteiger partial charge in [-0.3, -0.25) is 14.3 Å². The number of ether oxygens (including phenoxy) is 1. The van der Waals surface area contributed by atoms with Crippen LogP contribution in [0.15, 0.2) is 24.3 Å². The number of fused-ring (bicyclic) bond motifs is 1. The lowest BCUT2D eigenvalue weighted by molar-refractivity contribution is -0.142. The largest absolute Gasteiger partial charge is 0.476 e. The fourth-order valence-corrected chi connectivity index (χ4v) is 5.34. The number of alkyl halides is 1. The smallest absolute Gasteiger partial charge is 0.357 e. The van der Waals surface area contributed by atoms with Gasteiger partial charge in [0.1, 0.15) is 24.9 Å². The van der Waals surface area contributed by atoms with Crippen LogP contribution in [-0.2, 0) is 20.9 Å². The van der Waals surface area contributed by atoms with E-state index in [1.165, 1.54) is 16.7 Å². The highest BCUT2D eigenvalue weighted by atomic mass is 19.1. The molecule has 34 heavy (non-hydrogen) atoms. The molecule has 1 aromatic heterocycles. The Hall–Kier alpha value is -3.01. The molecule has 2 amide bonds. The molecule has 0 spiro atoms. The highest BCUT2D eigenvalue weighted by molar-refractivity contribution is 6.01. The Morgan fingerprint density at radius 3 is 2.71 bits per heavy atom. The molecule has 1 saturated heterocycles. The van der Waals surface area contributed by atoms with Gasteiger partial charge in [-0.25, -0.2) is 9.18 Å². The van der Waals surface area contributed by atoms with Gasteiger partial charge in [0.2, 0.25) is 11.8 Å². The van der Waals surface area contributed by atoms with Crippen molar-refractivity contribution in [1.29, 1.82) is 0 Å². The first-order valence-corrected chi connectivity index (χ1v) is 11.6. The molecule has 10 heteroatoms. The molecular formula is C24H31FN4O5. The van der Waals surface area contributed by atoms with Crippen molar-refractivity contribution in [2.45, 2.75) is 70.4 Å². The highest BCUT2D eigenvalue weighted by Gasteiger charge is 2.49. The summed E-state index contributed by atoms with van der Waals surface area (Å²) >= 11 is 0. The lowest BCUT2D eigenvalue weighted by Crippen LogP contribution is -2.54. The number of halogens is 1. The van der Waals surface area contributed by atoms with Gasteiger partial charge < -0.3 is 20.1 Å². The number of carboxylic acids is 1. The molecule has 1 aliphatic heterocycles. The van der Waals surface area contributed by atoms with E-state index in [4.69, 9.17) is 4.74 Å². The first-order chi connectivity index (χ1) is 16.1. The molecule has 0 unspecified atom stereocenters. The maximum atomic E-state index is 14.8. The fraction of sp³-hybridized carbons (Fsp3) is 0.583. The SMILES string of the molecule is CO[C@H]1[C@@H](C(=O)N[C@H]2CCCC(C)(C)C2)N(C(=O)Cn2nc(C(=O)O)c3ccccc32)C[C@@H]1F. The Labute approximate surface area is 197 Å². The third kappa shape index (κ3) is 4.64. The number of carbonyl (C=O) groups is 3. The lowest BCUT2D eigenvalue weighted by Gasteiger charge is -2.37. The van der Waals surface area contributed by atoms with E-state index in [0.29, 0.717) is 10.9 Å². The quantitative estimate of drug-likeness (QED) is 0.665. The van der Waals surface area contributed by atoms with Crippen molar-refractivity contribution in [2.75, 3.05) is 13.7 Å². The number of aromatic carboxylic acids is 1. The summed E-state index contributed by atoms with van der Waals surface area (Å²) in [5.74, 6) is -2.17. The van der Waals surface area contributed by atoms with Crippen molar-refractivity contribution in [3.8, 4) is 0 Å². The number of aromatic nitrogens is 2. The number of likely N-dealkylation sites (tertiary alicyclic amines) is 1. The summed E-state index contributed by atoms with van der Waals surface area (Å²) in [6.07, 6.45) is 1.12.